The number of aryl methyl sites for hydroxylation is 2. The smallest absolute Gasteiger partial charge is 0.194 e. The molecule has 1 aliphatic heterocycles. The van der Waals surface area contributed by atoms with Crippen LogP contribution in [0.4, 0.5) is 0 Å². The molecule has 5 nitrogen and oxygen atoms in total. The molecule has 1 saturated heterocycles. The van der Waals surface area contributed by atoms with Crippen LogP contribution >= 0.6 is 11.3 Å². The molecule has 1 aliphatic rings. The lowest BCUT2D eigenvalue weighted by molar-refractivity contribution is 0.172. The van der Waals surface area contributed by atoms with E-state index in [0.717, 1.165) is 57.3 Å². The first kappa shape index (κ1) is 18.9. The van der Waals surface area contributed by atoms with E-state index in [-0.39, 0.29) is 0 Å². The molecule has 0 aliphatic carbocycles. The third-order valence-corrected chi connectivity index (χ3v) is 5.74. The highest BCUT2D eigenvalue weighted by atomic mass is 32.1. The number of hydrogen-bond acceptors (Lipinski definition) is 4. The van der Waals surface area contributed by atoms with Crippen LogP contribution in [0.25, 0.3) is 0 Å². The summed E-state index contributed by atoms with van der Waals surface area (Å²) in [6.07, 6.45) is 1.00. The Bertz CT molecular complexity index is 731. The van der Waals surface area contributed by atoms with E-state index in [1.165, 1.54) is 16.1 Å². The van der Waals surface area contributed by atoms with Crippen LogP contribution < -0.4 is 5.32 Å². The normalized spacial score (nSPS) is 16.1. The van der Waals surface area contributed by atoms with Crippen LogP contribution in [-0.2, 0) is 19.5 Å². The first-order valence-corrected chi connectivity index (χ1v) is 10.2. The third kappa shape index (κ3) is 5.05. The Hall–Kier alpha value is -1.92. The summed E-state index contributed by atoms with van der Waals surface area (Å²) in [5, 5.41) is 6.80. The van der Waals surface area contributed by atoms with Crippen LogP contribution in [0.15, 0.2) is 34.6 Å². The van der Waals surface area contributed by atoms with Crippen molar-refractivity contribution < 1.29 is 0 Å². The summed E-state index contributed by atoms with van der Waals surface area (Å²) in [4.78, 5) is 14.0. The molecule has 0 bridgehead atoms. The molecule has 6 heteroatoms. The van der Waals surface area contributed by atoms with Crippen LogP contribution in [0.1, 0.15) is 28.8 Å². The van der Waals surface area contributed by atoms with E-state index in [1.54, 1.807) is 11.3 Å². The van der Waals surface area contributed by atoms with E-state index in [1.807, 2.05) is 7.05 Å². The second-order valence-corrected chi connectivity index (χ2v) is 7.68. The molecule has 3 rings (SSSR count). The molecule has 0 amide bonds. The van der Waals surface area contributed by atoms with Crippen molar-refractivity contribution in [3.8, 4) is 0 Å². The molecule has 2 aromatic rings. The number of guanidine groups is 1. The highest BCUT2D eigenvalue weighted by Gasteiger charge is 2.19. The van der Waals surface area contributed by atoms with Crippen molar-refractivity contribution in [2.75, 3.05) is 33.2 Å². The summed E-state index contributed by atoms with van der Waals surface area (Å²) in [7, 11) is 1.86. The molecule has 140 valence electrons. The van der Waals surface area contributed by atoms with Crippen LogP contribution in [0.2, 0.25) is 0 Å². The maximum atomic E-state index is 4.62. The predicted octanol–water partition coefficient (Wildman–Crippen LogP) is 2.91. The van der Waals surface area contributed by atoms with Gasteiger partial charge in [-0.05, 0) is 18.9 Å². The largest absolute Gasteiger partial charge is 0.351 e. The molecule has 0 unspecified atom stereocenters. The van der Waals surface area contributed by atoms with E-state index in [4.69, 9.17) is 0 Å². The van der Waals surface area contributed by atoms with Gasteiger partial charge in [0.25, 0.3) is 0 Å². The Labute approximate surface area is 160 Å². The summed E-state index contributed by atoms with van der Waals surface area (Å²) in [5.41, 5.74) is 3.83. The number of aliphatic imine (C=N–C) groups is 1. The maximum Gasteiger partial charge on any atom is 0.194 e. The summed E-state index contributed by atoms with van der Waals surface area (Å²) in [6, 6.07) is 8.81. The van der Waals surface area contributed by atoms with Crippen molar-refractivity contribution >= 4 is 17.3 Å². The van der Waals surface area contributed by atoms with Crippen molar-refractivity contribution in [1.82, 2.24) is 20.1 Å². The van der Waals surface area contributed by atoms with E-state index in [2.05, 4.69) is 68.6 Å². The topological polar surface area (TPSA) is 43.8 Å². The molecule has 0 atom stereocenters. The summed E-state index contributed by atoms with van der Waals surface area (Å²) >= 11 is 1.74. The Balaban J connectivity index is 1.47. The summed E-state index contributed by atoms with van der Waals surface area (Å²) in [6.45, 7) is 10.2. The first-order chi connectivity index (χ1) is 12.7. The van der Waals surface area contributed by atoms with Gasteiger partial charge in [-0.1, -0.05) is 36.8 Å². The van der Waals surface area contributed by atoms with Gasteiger partial charge < -0.3 is 10.2 Å². The molecule has 1 N–H and O–H groups in total. The lowest BCUT2D eigenvalue weighted by Crippen LogP contribution is -2.52. The number of nitrogens with one attached hydrogen (secondary N) is 1. The van der Waals surface area contributed by atoms with E-state index < -0.39 is 0 Å². The average molecular weight is 372 g/mol. The van der Waals surface area contributed by atoms with Crippen LogP contribution in [-0.4, -0.2) is 54.0 Å². The fourth-order valence-electron chi connectivity index (χ4n) is 3.28. The second-order valence-electron chi connectivity index (χ2n) is 6.74. The number of nitrogens with zero attached hydrogens (tertiary/aromatic N) is 4. The standard InChI is InChI=1S/C20H29N5S/c1-4-19-23-18(15-26-19)13-22-20(21-3)25-10-8-24(9-11-25)14-17-7-5-6-16(2)12-17/h5-7,12,15H,4,8-11,13-14H2,1-3H3,(H,21,22). The number of thiazole rings is 1. The molecule has 0 spiro atoms. The number of hydrogen-bond donors (Lipinski definition) is 1. The first-order valence-electron chi connectivity index (χ1n) is 9.34. The summed E-state index contributed by atoms with van der Waals surface area (Å²) < 4.78 is 0. The van der Waals surface area contributed by atoms with Gasteiger partial charge in [0.15, 0.2) is 5.96 Å². The third-order valence-electron chi connectivity index (χ3n) is 4.70. The van der Waals surface area contributed by atoms with Gasteiger partial charge in [-0.2, -0.15) is 0 Å². The van der Waals surface area contributed by atoms with Gasteiger partial charge in [0, 0.05) is 45.2 Å². The second kappa shape index (κ2) is 9.14. The zero-order valence-electron chi connectivity index (χ0n) is 16.0. The van der Waals surface area contributed by atoms with E-state index >= 15 is 0 Å². The minimum Gasteiger partial charge on any atom is -0.351 e. The van der Waals surface area contributed by atoms with E-state index in [0.29, 0.717) is 0 Å². The predicted molar refractivity (Wildman–Crippen MR) is 110 cm³/mol. The monoisotopic (exact) mass is 371 g/mol. The fourth-order valence-corrected chi connectivity index (χ4v) is 4.03. The van der Waals surface area contributed by atoms with Crippen molar-refractivity contribution in [2.24, 2.45) is 4.99 Å². The summed E-state index contributed by atoms with van der Waals surface area (Å²) in [5.74, 6) is 0.978. The SMILES string of the molecule is CCc1nc(CNC(=NC)N2CCN(Cc3cccc(C)c3)CC2)cs1. The number of rotatable bonds is 5. The number of piperazine rings is 1. The molecule has 2 heterocycles. The number of benzene rings is 1. The number of aromatic nitrogens is 1. The maximum absolute atomic E-state index is 4.62. The van der Waals surface area contributed by atoms with Gasteiger partial charge in [-0.15, -0.1) is 11.3 Å². The zero-order chi connectivity index (χ0) is 18.4. The molecule has 1 aromatic heterocycles. The van der Waals surface area contributed by atoms with Crippen LogP contribution in [0.5, 0.6) is 0 Å². The Morgan fingerprint density at radius 3 is 2.73 bits per heavy atom. The van der Waals surface area contributed by atoms with E-state index in [9.17, 15) is 0 Å². The molecule has 0 radical (unpaired) electrons. The molecule has 0 saturated carbocycles. The van der Waals surface area contributed by atoms with Gasteiger partial charge in [-0.25, -0.2) is 4.98 Å². The minimum absolute atomic E-state index is 0.743. The van der Waals surface area contributed by atoms with Gasteiger partial charge in [-0.3, -0.25) is 9.89 Å². The molecular formula is C20H29N5S. The highest BCUT2D eigenvalue weighted by Crippen LogP contribution is 2.12. The van der Waals surface area contributed by atoms with Crippen LogP contribution in [0, 0.1) is 6.92 Å². The van der Waals surface area contributed by atoms with Gasteiger partial charge >= 0.3 is 0 Å². The molecule has 26 heavy (non-hydrogen) atoms. The van der Waals surface area contributed by atoms with Crippen molar-refractivity contribution in [3.63, 3.8) is 0 Å². The van der Waals surface area contributed by atoms with Crippen LogP contribution in [0.3, 0.4) is 0 Å². The van der Waals surface area contributed by atoms with Gasteiger partial charge in [0.05, 0.1) is 17.2 Å². The van der Waals surface area contributed by atoms with Crippen molar-refractivity contribution in [1.29, 1.82) is 0 Å². The lowest BCUT2D eigenvalue weighted by Gasteiger charge is -2.36. The minimum atomic E-state index is 0.743. The fraction of sp³-hybridized carbons (Fsp3) is 0.500. The Kier molecular flexibility index (Phi) is 6.63. The molecule has 1 fully saturated rings. The zero-order valence-corrected chi connectivity index (χ0v) is 16.9. The van der Waals surface area contributed by atoms with Crippen molar-refractivity contribution in [3.05, 3.63) is 51.5 Å². The highest BCUT2D eigenvalue weighted by molar-refractivity contribution is 7.09. The lowest BCUT2D eigenvalue weighted by atomic mass is 10.1. The Morgan fingerprint density at radius 2 is 2.08 bits per heavy atom. The average Bonchev–Trinajstić information content (AvgIpc) is 3.12. The Morgan fingerprint density at radius 1 is 1.27 bits per heavy atom. The van der Waals surface area contributed by atoms with Gasteiger partial charge in [0.1, 0.15) is 0 Å². The quantitative estimate of drug-likeness (QED) is 0.648. The van der Waals surface area contributed by atoms with Gasteiger partial charge in [0.2, 0.25) is 0 Å². The molecular weight excluding hydrogens is 342 g/mol. The molecule has 1 aromatic carbocycles. The van der Waals surface area contributed by atoms with Crippen molar-refractivity contribution in [2.45, 2.75) is 33.4 Å².